The fraction of sp³-hybridized carbons (Fsp3) is 0.130. The number of fused-ring (bicyclic) bond motifs is 1. The van der Waals surface area contributed by atoms with Gasteiger partial charge in [-0.1, -0.05) is 34.1 Å². The van der Waals surface area contributed by atoms with Crippen molar-refractivity contribution in [2.45, 2.75) is 19.9 Å². The van der Waals surface area contributed by atoms with Crippen molar-refractivity contribution < 1.29 is 14.7 Å². The summed E-state index contributed by atoms with van der Waals surface area (Å²) in [6, 6.07) is 10.3. The van der Waals surface area contributed by atoms with Crippen LogP contribution in [0.1, 0.15) is 28.6 Å². The molecule has 0 aliphatic carbocycles. The number of amides is 1. The molecule has 5 rings (SSSR count). The highest BCUT2D eigenvalue weighted by atomic mass is 79.9. The first-order chi connectivity index (χ1) is 15.4. The lowest BCUT2D eigenvalue weighted by molar-refractivity contribution is -0.132. The van der Waals surface area contributed by atoms with Crippen LogP contribution in [0.2, 0.25) is 0 Å². The third-order valence-corrected chi connectivity index (χ3v) is 6.86. The number of hydrogen-bond acceptors (Lipinski definition) is 6. The van der Waals surface area contributed by atoms with Crippen LogP contribution in [-0.2, 0) is 9.59 Å². The number of imidazole rings is 1. The van der Waals surface area contributed by atoms with Crippen LogP contribution in [0.25, 0.3) is 11.4 Å². The fourth-order valence-corrected chi connectivity index (χ4v) is 4.93. The van der Waals surface area contributed by atoms with Crippen LogP contribution in [0, 0.1) is 13.8 Å². The zero-order valence-corrected chi connectivity index (χ0v) is 19.5. The molecule has 0 radical (unpaired) electrons. The Kier molecular flexibility index (Phi) is 4.94. The van der Waals surface area contributed by atoms with Crippen molar-refractivity contribution in [2.75, 3.05) is 4.90 Å². The lowest BCUT2D eigenvalue weighted by Gasteiger charge is -2.22. The molecule has 7 nitrogen and oxygen atoms in total. The summed E-state index contributed by atoms with van der Waals surface area (Å²) in [7, 11) is 0. The van der Waals surface area contributed by atoms with Gasteiger partial charge in [-0.05, 0) is 43.2 Å². The molecule has 1 aliphatic heterocycles. The predicted molar refractivity (Wildman–Crippen MR) is 126 cm³/mol. The molecule has 1 unspecified atom stereocenters. The van der Waals surface area contributed by atoms with E-state index in [-0.39, 0.29) is 17.0 Å². The molecule has 32 heavy (non-hydrogen) atoms. The standard InChI is InChI=1S/C23H17BrN4O3S/c1-12-4-3-10-27-13(2)17(26-21(12)27)19(29)16-18(14-5-7-15(24)8-6-14)28(22(31)20(16)30)23-25-9-11-32-23/h3-11,18,29H,1-2H3/b19-16+. The number of rotatable bonds is 3. The number of aliphatic hydroxyl groups is 1. The summed E-state index contributed by atoms with van der Waals surface area (Å²) in [5.74, 6) is -1.79. The number of halogens is 1. The van der Waals surface area contributed by atoms with E-state index >= 15 is 0 Å². The van der Waals surface area contributed by atoms with Crippen molar-refractivity contribution in [2.24, 2.45) is 0 Å². The van der Waals surface area contributed by atoms with Crippen LogP contribution >= 0.6 is 27.3 Å². The number of hydrogen-bond donors (Lipinski definition) is 1. The van der Waals surface area contributed by atoms with Gasteiger partial charge in [0.25, 0.3) is 5.78 Å². The molecule has 4 aromatic rings. The highest BCUT2D eigenvalue weighted by Crippen LogP contribution is 2.43. The molecule has 9 heteroatoms. The monoisotopic (exact) mass is 508 g/mol. The molecule has 0 bridgehead atoms. The van der Waals surface area contributed by atoms with Gasteiger partial charge in [-0.15, -0.1) is 11.3 Å². The second-order valence-corrected chi connectivity index (χ2v) is 9.25. The molecular formula is C23H17BrN4O3S. The number of carbonyl (C=O) groups excluding carboxylic acids is 2. The summed E-state index contributed by atoms with van der Waals surface area (Å²) in [5.41, 5.74) is 3.25. The molecule has 0 spiro atoms. The van der Waals surface area contributed by atoms with Gasteiger partial charge in [0.05, 0.1) is 17.3 Å². The number of aromatic nitrogens is 3. The molecule has 160 valence electrons. The highest BCUT2D eigenvalue weighted by Gasteiger charge is 2.48. The van der Waals surface area contributed by atoms with E-state index in [4.69, 9.17) is 0 Å². The van der Waals surface area contributed by atoms with E-state index in [0.29, 0.717) is 22.0 Å². The number of carbonyl (C=O) groups is 2. The smallest absolute Gasteiger partial charge is 0.301 e. The molecule has 0 saturated carbocycles. The predicted octanol–water partition coefficient (Wildman–Crippen LogP) is 4.80. The van der Waals surface area contributed by atoms with E-state index in [1.807, 2.05) is 60.8 Å². The second-order valence-electron chi connectivity index (χ2n) is 7.47. The van der Waals surface area contributed by atoms with Gasteiger partial charge >= 0.3 is 5.91 Å². The quantitative estimate of drug-likeness (QED) is 0.244. The first-order valence-electron chi connectivity index (χ1n) is 9.79. The Bertz CT molecular complexity index is 1410. The fourth-order valence-electron chi connectivity index (χ4n) is 4.00. The van der Waals surface area contributed by atoms with E-state index in [2.05, 4.69) is 25.9 Å². The zero-order chi connectivity index (χ0) is 22.6. The van der Waals surface area contributed by atoms with E-state index in [1.165, 1.54) is 16.2 Å². The molecular weight excluding hydrogens is 492 g/mol. The SMILES string of the molecule is Cc1cccn2c(C)c(/C(O)=C3\C(=O)C(=O)N(c4nccs4)C3c3ccc(Br)cc3)nc12. The van der Waals surface area contributed by atoms with E-state index < -0.39 is 17.7 Å². The summed E-state index contributed by atoms with van der Waals surface area (Å²) >= 11 is 4.67. The number of anilines is 1. The Morgan fingerprint density at radius 1 is 1.16 bits per heavy atom. The van der Waals surface area contributed by atoms with Gasteiger partial charge in [-0.3, -0.25) is 14.5 Å². The number of aryl methyl sites for hydroxylation is 2. The van der Waals surface area contributed by atoms with Gasteiger partial charge in [0, 0.05) is 22.2 Å². The molecule has 1 saturated heterocycles. The molecule has 4 heterocycles. The van der Waals surface area contributed by atoms with Crippen molar-refractivity contribution in [1.82, 2.24) is 14.4 Å². The van der Waals surface area contributed by atoms with Crippen molar-refractivity contribution in [3.63, 3.8) is 0 Å². The van der Waals surface area contributed by atoms with Gasteiger partial charge in [0.15, 0.2) is 10.9 Å². The molecule has 3 aromatic heterocycles. The Morgan fingerprint density at radius 2 is 1.91 bits per heavy atom. The van der Waals surface area contributed by atoms with Crippen LogP contribution < -0.4 is 4.90 Å². The van der Waals surface area contributed by atoms with E-state index in [0.717, 1.165) is 10.0 Å². The minimum atomic E-state index is -0.820. The molecule has 1 atom stereocenters. The average molecular weight is 509 g/mol. The van der Waals surface area contributed by atoms with E-state index in [1.54, 1.807) is 11.6 Å². The second kappa shape index (κ2) is 7.68. The van der Waals surface area contributed by atoms with Crippen LogP contribution in [0.3, 0.4) is 0 Å². The average Bonchev–Trinajstić information content (AvgIpc) is 3.48. The normalized spacial score (nSPS) is 18.1. The zero-order valence-electron chi connectivity index (χ0n) is 17.1. The maximum Gasteiger partial charge on any atom is 0.301 e. The highest BCUT2D eigenvalue weighted by molar-refractivity contribution is 9.10. The first kappa shape index (κ1) is 20.6. The maximum atomic E-state index is 13.2. The van der Waals surface area contributed by atoms with Gasteiger partial charge in [0.2, 0.25) is 0 Å². The van der Waals surface area contributed by atoms with Crippen LogP contribution in [0.5, 0.6) is 0 Å². The third-order valence-electron chi connectivity index (χ3n) is 5.56. The first-order valence-corrected chi connectivity index (χ1v) is 11.5. The Labute approximate surface area is 195 Å². The minimum absolute atomic E-state index is 0.00307. The largest absolute Gasteiger partial charge is 0.505 e. The third kappa shape index (κ3) is 3.08. The van der Waals surface area contributed by atoms with Crippen LogP contribution in [-0.4, -0.2) is 31.2 Å². The summed E-state index contributed by atoms with van der Waals surface area (Å²) < 4.78 is 2.72. The van der Waals surface area contributed by atoms with Crippen molar-refractivity contribution >= 4 is 55.5 Å². The van der Waals surface area contributed by atoms with Gasteiger partial charge in [-0.2, -0.15) is 0 Å². The summed E-state index contributed by atoms with van der Waals surface area (Å²) in [6.45, 7) is 3.74. The number of pyridine rings is 1. The van der Waals surface area contributed by atoms with Crippen molar-refractivity contribution in [3.8, 4) is 0 Å². The Balaban J connectivity index is 1.77. The number of ketones is 1. The number of nitrogens with zero attached hydrogens (tertiary/aromatic N) is 4. The molecule has 1 aliphatic rings. The van der Waals surface area contributed by atoms with Gasteiger partial charge in [0.1, 0.15) is 11.3 Å². The minimum Gasteiger partial charge on any atom is -0.505 e. The maximum absolute atomic E-state index is 13.2. The number of thiazole rings is 1. The Hall–Kier alpha value is -3.30. The number of aliphatic hydroxyl groups excluding tert-OH is 1. The molecule has 1 aromatic carbocycles. The van der Waals surface area contributed by atoms with Crippen LogP contribution in [0.15, 0.2) is 64.2 Å². The van der Waals surface area contributed by atoms with Gasteiger partial charge in [-0.25, -0.2) is 9.97 Å². The molecule has 1 N–H and O–H groups in total. The van der Waals surface area contributed by atoms with Crippen molar-refractivity contribution in [3.05, 3.63) is 86.7 Å². The van der Waals surface area contributed by atoms with Gasteiger partial charge < -0.3 is 9.51 Å². The van der Waals surface area contributed by atoms with E-state index in [9.17, 15) is 14.7 Å². The van der Waals surface area contributed by atoms with Crippen LogP contribution in [0.4, 0.5) is 5.13 Å². The lowest BCUT2D eigenvalue weighted by Crippen LogP contribution is -2.29. The number of benzene rings is 1. The molecule has 1 fully saturated rings. The summed E-state index contributed by atoms with van der Waals surface area (Å²) in [4.78, 5) is 36.5. The topological polar surface area (TPSA) is 87.8 Å². The number of Topliss-reactive ketones (excluding diaryl/α,β-unsaturated/α-hetero) is 1. The lowest BCUT2D eigenvalue weighted by atomic mass is 9.96. The Morgan fingerprint density at radius 3 is 2.56 bits per heavy atom. The molecule has 1 amide bonds. The summed E-state index contributed by atoms with van der Waals surface area (Å²) in [6.07, 6.45) is 3.43. The van der Waals surface area contributed by atoms with Crippen molar-refractivity contribution in [1.29, 1.82) is 0 Å². The summed E-state index contributed by atoms with van der Waals surface area (Å²) in [5, 5.41) is 13.5.